The summed E-state index contributed by atoms with van der Waals surface area (Å²) in [6, 6.07) is 5.01. The molecule has 5 heterocycles. The lowest BCUT2D eigenvalue weighted by atomic mass is 9.94. The van der Waals surface area contributed by atoms with Crippen LogP contribution in [0.15, 0.2) is 36.8 Å². The van der Waals surface area contributed by atoms with Crippen LogP contribution in [0, 0.1) is 0 Å². The second-order valence-electron chi connectivity index (χ2n) is 8.61. The molecule has 0 saturated carbocycles. The largest absolute Gasteiger partial charge is 0.435 e. The number of hydrogen-bond donors (Lipinski definition) is 1. The van der Waals surface area contributed by atoms with Crippen molar-refractivity contribution in [2.45, 2.75) is 18.6 Å². The summed E-state index contributed by atoms with van der Waals surface area (Å²) in [6.45, 7) is 2.94. The van der Waals surface area contributed by atoms with E-state index in [1.165, 1.54) is 0 Å². The summed E-state index contributed by atoms with van der Waals surface area (Å²) in [6.07, 6.45) is -0.0619. The molecule has 9 nitrogen and oxygen atoms in total. The number of rotatable bonds is 3. The lowest BCUT2D eigenvalue weighted by Gasteiger charge is -2.36. The number of nitrogens with zero attached hydrogens (tertiary/aromatic N) is 7. The zero-order valence-corrected chi connectivity index (χ0v) is 19.6. The topological polar surface area (TPSA) is 96.0 Å². The lowest BCUT2D eigenvalue weighted by Crippen LogP contribution is -2.39. The molecule has 1 fully saturated rings. The van der Waals surface area contributed by atoms with Gasteiger partial charge in [-0.15, -0.1) is 5.10 Å². The summed E-state index contributed by atoms with van der Waals surface area (Å²) in [5.74, 6) is 0.458. The van der Waals surface area contributed by atoms with Gasteiger partial charge in [0.05, 0.1) is 19.4 Å². The molecular formula is C23H20ClF3N8O. The summed E-state index contributed by atoms with van der Waals surface area (Å²) in [5, 5.41) is 9.11. The Morgan fingerprint density at radius 2 is 1.81 bits per heavy atom. The van der Waals surface area contributed by atoms with Gasteiger partial charge in [-0.05, 0) is 30.2 Å². The number of H-pyrrole nitrogens is 1. The first-order valence-electron chi connectivity index (χ1n) is 11.4. The molecule has 0 radical (unpaired) electrons. The van der Waals surface area contributed by atoms with E-state index in [2.05, 4.69) is 30.1 Å². The Balaban J connectivity index is 1.45. The van der Waals surface area contributed by atoms with Gasteiger partial charge in [0.25, 0.3) is 0 Å². The van der Waals surface area contributed by atoms with E-state index in [9.17, 15) is 13.2 Å². The highest BCUT2D eigenvalue weighted by Gasteiger charge is 2.37. The van der Waals surface area contributed by atoms with Crippen molar-refractivity contribution < 1.29 is 17.9 Å². The Morgan fingerprint density at radius 1 is 1.03 bits per heavy atom. The number of fused-ring (bicyclic) bond motifs is 3. The molecule has 6 rings (SSSR count). The number of alkyl halides is 3. The molecule has 1 aromatic carbocycles. The number of aromatic amines is 1. The van der Waals surface area contributed by atoms with Crippen LogP contribution in [0.25, 0.3) is 10.9 Å². The van der Waals surface area contributed by atoms with E-state index < -0.39 is 17.9 Å². The molecule has 0 bridgehead atoms. The van der Waals surface area contributed by atoms with E-state index in [-0.39, 0.29) is 5.95 Å². The minimum Gasteiger partial charge on any atom is -0.378 e. The van der Waals surface area contributed by atoms with Crippen molar-refractivity contribution in [2.24, 2.45) is 0 Å². The van der Waals surface area contributed by atoms with Crippen LogP contribution in [0.1, 0.15) is 28.6 Å². The van der Waals surface area contributed by atoms with Gasteiger partial charge in [0.1, 0.15) is 6.04 Å². The average molecular weight is 517 g/mol. The molecule has 1 atom stereocenters. The maximum Gasteiger partial charge on any atom is 0.435 e. The van der Waals surface area contributed by atoms with E-state index in [1.807, 2.05) is 17.0 Å². The van der Waals surface area contributed by atoms with Crippen molar-refractivity contribution in [3.05, 3.63) is 64.3 Å². The number of benzene rings is 1. The Kier molecular flexibility index (Phi) is 5.64. The highest BCUT2D eigenvalue weighted by Crippen LogP contribution is 2.40. The molecule has 1 saturated heterocycles. The van der Waals surface area contributed by atoms with Gasteiger partial charge in [0.15, 0.2) is 5.69 Å². The van der Waals surface area contributed by atoms with Gasteiger partial charge in [0.2, 0.25) is 11.9 Å². The predicted octanol–water partition coefficient (Wildman–Crippen LogP) is 3.80. The van der Waals surface area contributed by atoms with E-state index in [1.54, 1.807) is 23.4 Å². The molecule has 3 aromatic heterocycles. The molecule has 36 heavy (non-hydrogen) atoms. The van der Waals surface area contributed by atoms with Gasteiger partial charge < -0.3 is 19.5 Å². The summed E-state index contributed by atoms with van der Waals surface area (Å²) in [5.41, 5.74) is 2.31. The summed E-state index contributed by atoms with van der Waals surface area (Å²) < 4.78 is 45.6. The van der Waals surface area contributed by atoms with Crippen molar-refractivity contribution >= 4 is 34.4 Å². The maximum atomic E-state index is 13.4. The van der Waals surface area contributed by atoms with Gasteiger partial charge in [-0.1, -0.05) is 11.6 Å². The normalized spacial score (nSPS) is 18.5. The van der Waals surface area contributed by atoms with Crippen LogP contribution >= 0.6 is 11.6 Å². The Labute approximate surface area is 208 Å². The predicted molar refractivity (Wildman–Crippen MR) is 126 cm³/mol. The number of morpholine rings is 1. The third kappa shape index (κ3) is 4.09. The standard InChI is InChI=1S/C23H20ClF3N8O/c24-14-1-2-17-16(9-14)15-3-4-35(22-32-18(12-30-33-22)23(25,26)27)20(19(15)31-17)13-10-28-21(29-11-13)34-5-7-36-8-6-34/h1-2,9-12,20,31H,3-8H2. The summed E-state index contributed by atoms with van der Waals surface area (Å²) in [4.78, 5) is 20.1. The van der Waals surface area contributed by atoms with Gasteiger partial charge in [0, 0.05) is 59.2 Å². The fraction of sp³-hybridized carbons (Fsp3) is 0.348. The van der Waals surface area contributed by atoms with Crippen LogP contribution < -0.4 is 9.80 Å². The number of halogens is 4. The van der Waals surface area contributed by atoms with E-state index in [4.69, 9.17) is 16.3 Å². The zero-order chi connectivity index (χ0) is 24.9. The van der Waals surface area contributed by atoms with Crippen LogP contribution in [0.2, 0.25) is 5.02 Å². The molecule has 0 aliphatic carbocycles. The highest BCUT2D eigenvalue weighted by atomic mass is 35.5. The van der Waals surface area contributed by atoms with Crippen molar-refractivity contribution in [1.29, 1.82) is 0 Å². The van der Waals surface area contributed by atoms with Crippen molar-refractivity contribution in [1.82, 2.24) is 30.1 Å². The molecule has 2 aliphatic heterocycles. The van der Waals surface area contributed by atoms with E-state index >= 15 is 0 Å². The number of nitrogens with one attached hydrogen (secondary N) is 1. The van der Waals surface area contributed by atoms with Crippen LogP contribution in [-0.4, -0.2) is 63.0 Å². The van der Waals surface area contributed by atoms with E-state index in [0.717, 1.165) is 22.2 Å². The highest BCUT2D eigenvalue weighted by molar-refractivity contribution is 6.31. The van der Waals surface area contributed by atoms with Crippen LogP contribution in [0.3, 0.4) is 0 Å². The SMILES string of the molecule is FC(F)(F)c1cnnc(N2CCc3c([nH]c4ccc(Cl)cc34)C2c2cnc(N3CCOCC3)nc2)n1. The second kappa shape index (κ2) is 8.86. The van der Waals surface area contributed by atoms with Crippen LogP contribution in [0.4, 0.5) is 25.1 Å². The maximum absolute atomic E-state index is 13.4. The molecule has 1 unspecified atom stereocenters. The molecular weight excluding hydrogens is 497 g/mol. The number of anilines is 2. The fourth-order valence-electron chi connectivity index (χ4n) is 4.77. The molecule has 2 aliphatic rings. The van der Waals surface area contributed by atoms with Gasteiger partial charge in [-0.3, -0.25) is 0 Å². The quantitative estimate of drug-likeness (QED) is 0.439. The van der Waals surface area contributed by atoms with Gasteiger partial charge in [-0.2, -0.15) is 18.3 Å². The summed E-state index contributed by atoms with van der Waals surface area (Å²) >= 11 is 6.25. The monoisotopic (exact) mass is 516 g/mol. The minimum absolute atomic E-state index is 0.116. The first-order chi connectivity index (χ1) is 17.4. The minimum atomic E-state index is -4.64. The molecule has 13 heteroatoms. The smallest absolute Gasteiger partial charge is 0.378 e. The van der Waals surface area contributed by atoms with Gasteiger partial charge >= 0.3 is 6.18 Å². The first kappa shape index (κ1) is 22.9. The number of aromatic nitrogens is 6. The van der Waals surface area contributed by atoms with Crippen molar-refractivity contribution in [2.75, 3.05) is 42.6 Å². The molecule has 0 amide bonds. The number of ether oxygens (including phenoxy) is 1. The second-order valence-corrected chi connectivity index (χ2v) is 9.04. The third-order valence-corrected chi connectivity index (χ3v) is 6.69. The first-order valence-corrected chi connectivity index (χ1v) is 11.7. The average Bonchev–Trinajstić information content (AvgIpc) is 3.26. The van der Waals surface area contributed by atoms with Crippen molar-refractivity contribution in [3.8, 4) is 0 Å². The number of hydrogen-bond acceptors (Lipinski definition) is 8. The fourth-order valence-corrected chi connectivity index (χ4v) is 4.95. The Morgan fingerprint density at radius 3 is 2.56 bits per heavy atom. The molecule has 186 valence electrons. The zero-order valence-electron chi connectivity index (χ0n) is 18.8. The van der Waals surface area contributed by atoms with Crippen LogP contribution in [-0.2, 0) is 17.3 Å². The van der Waals surface area contributed by atoms with E-state index in [0.29, 0.717) is 62.0 Å². The van der Waals surface area contributed by atoms with Gasteiger partial charge in [-0.25, -0.2) is 15.0 Å². The Bertz CT molecular complexity index is 1410. The molecule has 4 aromatic rings. The van der Waals surface area contributed by atoms with Crippen molar-refractivity contribution in [3.63, 3.8) is 0 Å². The molecule has 0 spiro atoms. The summed E-state index contributed by atoms with van der Waals surface area (Å²) in [7, 11) is 0. The molecule has 1 N–H and O–H groups in total. The third-order valence-electron chi connectivity index (χ3n) is 6.45. The van der Waals surface area contributed by atoms with Crippen LogP contribution in [0.5, 0.6) is 0 Å². The Hall–Kier alpha value is -3.51. The lowest BCUT2D eigenvalue weighted by molar-refractivity contribution is -0.141.